The summed E-state index contributed by atoms with van der Waals surface area (Å²) in [6, 6.07) is -0.0303. The number of hydrogen-bond donors (Lipinski definition) is 1. The minimum absolute atomic E-state index is 0.0303. The summed E-state index contributed by atoms with van der Waals surface area (Å²) < 4.78 is 1.73. The Hall–Kier alpha value is -1.52. The van der Waals surface area contributed by atoms with Crippen LogP contribution in [0.3, 0.4) is 0 Å². The number of nitrogens with one attached hydrogen (secondary N) is 1. The van der Waals surface area contributed by atoms with E-state index in [9.17, 15) is 4.79 Å². The molecule has 0 saturated carbocycles. The van der Waals surface area contributed by atoms with E-state index in [0.29, 0.717) is 6.54 Å². The van der Waals surface area contributed by atoms with Gasteiger partial charge in [-0.1, -0.05) is 13.3 Å². The number of hydrogen-bond acceptors (Lipinski definition) is 2. The number of aromatic nitrogens is 2. The van der Waals surface area contributed by atoms with Crippen LogP contribution in [0.1, 0.15) is 25.3 Å². The summed E-state index contributed by atoms with van der Waals surface area (Å²) in [6.45, 7) is 3.43. The second-order valence-electron chi connectivity index (χ2n) is 3.96. The van der Waals surface area contributed by atoms with Crippen molar-refractivity contribution in [3.05, 3.63) is 18.0 Å². The van der Waals surface area contributed by atoms with Crippen LogP contribution in [0.4, 0.5) is 4.79 Å². The van der Waals surface area contributed by atoms with Gasteiger partial charge in [0, 0.05) is 32.4 Å². The number of unbranched alkanes of at least 4 members (excludes halogenated alkanes) is 1. The molecular formula is C11H20N4O. The van der Waals surface area contributed by atoms with Crippen molar-refractivity contribution < 1.29 is 4.79 Å². The van der Waals surface area contributed by atoms with Crippen LogP contribution in [-0.2, 0) is 13.6 Å². The number of carbonyl (C=O) groups excluding carboxylic acids is 1. The van der Waals surface area contributed by atoms with Gasteiger partial charge in [-0.05, 0) is 6.42 Å². The molecule has 1 aromatic rings. The summed E-state index contributed by atoms with van der Waals surface area (Å²) in [6.07, 6.45) is 5.80. The molecule has 5 heteroatoms. The van der Waals surface area contributed by atoms with Crippen molar-refractivity contribution >= 4 is 6.03 Å². The van der Waals surface area contributed by atoms with Crippen molar-refractivity contribution in [2.45, 2.75) is 26.3 Å². The lowest BCUT2D eigenvalue weighted by Gasteiger charge is -2.16. The highest BCUT2D eigenvalue weighted by atomic mass is 16.2. The molecule has 2 amide bonds. The second kappa shape index (κ2) is 6.15. The summed E-state index contributed by atoms with van der Waals surface area (Å²) in [4.78, 5) is 13.3. The van der Waals surface area contributed by atoms with E-state index >= 15 is 0 Å². The van der Waals surface area contributed by atoms with Crippen LogP contribution in [-0.4, -0.2) is 34.3 Å². The minimum Gasteiger partial charge on any atom is -0.338 e. The first kappa shape index (κ1) is 12.5. The Morgan fingerprint density at radius 3 is 2.94 bits per heavy atom. The van der Waals surface area contributed by atoms with Crippen molar-refractivity contribution in [1.29, 1.82) is 0 Å². The van der Waals surface area contributed by atoms with Gasteiger partial charge in [-0.15, -0.1) is 0 Å². The Kier molecular flexibility index (Phi) is 4.82. The summed E-state index contributed by atoms with van der Waals surface area (Å²) in [5, 5.41) is 6.93. The molecular weight excluding hydrogens is 204 g/mol. The fourth-order valence-electron chi connectivity index (χ4n) is 1.41. The highest BCUT2D eigenvalue weighted by molar-refractivity contribution is 5.73. The average Bonchev–Trinajstić information content (AvgIpc) is 2.64. The van der Waals surface area contributed by atoms with E-state index < -0.39 is 0 Å². The Labute approximate surface area is 96.4 Å². The zero-order valence-corrected chi connectivity index (χ0v) is 10.2. The lowest BCUT2D eigenvalue weighted by atomic mass is 10.3. The predicted octanol–water partition coefficient (Wildman–Crippen LogP) is 1.36. The van der Waals surface area contributed by atoms with Gasteiger partial charge in [-0.3, -0.25) is 4.68 Å². The highest BCUT2D eigenvalue weighted by Crippen LogP contribution is 2.01. The number of carbonyl (C=O) groups is 1. The van der Waals surface area contributed by atoms with E-state index in [1.165, 1.54) is 0 Å². The number of amides is 2. The smallest absolute Gasteiger partial charge is 0.317 e. The number of rotatable bonds is 5. The van der Waals surface area contributed by atoms with Gasteiger partial charge in [-0.25, -0.2) is 4.79 Å². The van der Waals surface area contributed by atoms with Crippen molar-refractivity contribution in [2.24, 2.45) is 7.05 Å². The topological polar surface area (TPSA) is 50.2 Å². The van der Waals surface area contributed by atoms with Crippen molar-refractivity contribution in [2.75, 3.05) is 13.6 Å². The van der Waals surface area contributed by atoms with Crippen LogP contribution in [0.5, 0.6) is 0 Å². The Morgan fingerprint density at radius 2 is 2.38 bits per heavy atom. The molecule has 0 aliphatic rings. The Morgan fingerprint density at radius 1 is 1.62 bits per heavy atom. The molecule has 0 fully saturated rings. The molecule has 1 heterocycles. The quantitative estimate of drug-likeness (QED) is 0.768. The first-order valence-corrected chi connectivity index (χ1v) is 5.60. The van der Waals surface area contributed by atoms with Gasteiger partial charge in [-0.2, -0.15) is 5.10 Å². The van der Waals surface area contributed by atoms with E-state index in [-0.39, 0.29) is 6.03 Å². The molecule has 0 radical (unpaired) electrons. The largest absolute Gasteiger partial charge is 0.338 e. The molecule has 1 aromatic heterocycles. The predicted molar refractivity (Wildman–Crippen MR) is 63.0 cm³/mol. The molecule has 1 N–H and O–H groups in total. The van der Waals surface area contributed by atoms with Gasteiger partial charge in [0.2, 0.25) is 0 Å². The maximum absolute atomic E-state index is 11.6. The van der Waals surface area contributed by atoms with Gasteiger partial charge >= 0.3 is 6.03 Å². The molecule has 0 saturated heterocycles. The average molecular weight is 224 g/mol. The van der Waals surface area contributed by atoms with E-state index in [1.54, 1.807) is 22.8 Å². The van der Waals surface area contributed by atoms with Gasteiger partial charge < -0.3 is 10.2 Å². The molecule has 16 heavy (non-hydrogen) atoms. The van der Waals surface area contributed by atoms with Crippen LogP contribution in [0, 0.1) is 0 Å². The number of urea groups is 1. The fourth-order valence-corrected chi connectivity index (χ4v) is 1.41. The summed E-state index contributed by atoms with van der Waals surface area (Å²) in [7, 11) is 3.65. The standard InChI is InChI=1S/C11H20N4O/c1-4-5-6-12-11(16)14(2)8-10-7-13-15(3)9-10/h7,9H,4-6,8H2,1-3H3,(H,12,16). The monoisotopic (exact) mass is 224 g/mol. The summed E-state index contributed by atoms with van der Waals surface area (Å²) >= 11 is 0. The van der Waals surface area contributed by atoms with Crippen LogP contribution in [0.25, 0.3) is 0 Å². The summed E-state index contributed by atoms with van der Waals surface area (Å²) in [5.41, 5.74) is 1.04. The lowest BCUT2D eigenvalue weighted by Crippen LogP contribution is -2.37. The lowest BCUT2D eigenvalue weighted by molar-refractivity contribution is 0.207. The zero-order valence-electron chi connectivity index (χ0n) is 10.2. The van der Waals surface area contributed by atoms with Crippen LogP contribution in [0.15, 0.2) is 12.4 Å². The third-order valence-corrected chi connectivity index (χ3v) is 2.33. The second-order valence-corrected chi connectivity index (χ2v) is 3.96. The normalized spacial score (nSPS) is 10.2. The maximum Gasteiger partial charge on any atom is 0.317 e. The van der Waals surface area contributed by atoms with Crippen molar-refractivity contribution in [3.8, 4) is 0 Å². The van der Waals surface area contributed by atoms with E-state index in [4.69, 9.17) is 0 Å². The third kappa shape index (κ3) is 3.92. The molecule has 5 nitrogen and oxygen atoms in total. The van der Waals surface area contributed by atoms with E-state index in [0.717, 1.165) is 24.9 Å². The first-order valence-electron chi connectivity index (χ1n) is 5.60. The van der Waals surface area contributed by atoms with E-state index in [2.05, 4.69) is 17.3 Å². The molecule has 0 aliphatic heterocycles. The molecule has 0 atom stereocenters. The number of nitrogens with zero attached hydrogens (tertiary/aromatic N) is 3. The molecule has 0 aromatic carbocycles. The van der Waals surface area contributed by atoms with Crippen LogP contribution >= 0.6 is 0 Å². The molecule has 1 rings (SSSR count). The third-order valence-electron chi connectivity index (χ3n) is 2.33. The Balaban J connectivity index is 2.34. The van der Waals surface area contributed by atoms with E-state index in [1.807, 2.05) is 13.2 Å². The van der Waals surface area contributed by atoms with Gasteiger partial charge in [0.1, 0.15) is 0 Å². The molecule has 0 spiro atoms. The molecule has 0 bridgehead atoms. The van der Waals surface area contributed by atoms with Crippen molar-refractivity contribution in [3.63, 3.8) is 0 Å². The fraction of sp³-hybridized carbons (Fsp3) is 0.636. The minimum atomic E-state index is -0.0303. The molecule has 90 valence electrons. The Bertz CT molecular complexity index is 334. The van der Waals surface area contributed by atoms with Gasteiger partial charge in [0.05, 0.1) is 12.7 Å². The summed E-state index contributed by atoms with van der Waals surface area (Å²) in [5.74, 6) is 0. The molecule has 0 aliphatic carbocycles. The maximum atomic E-state index is 11.6. The van der Waals surface area contributed by atoms with Gasteiger partial charge in [0.15, 0.2) is 0 Å². The van der Waals surface area contributed by atoms with Crippen LogP contribution in [0.2, 0.25) is 0 Å². The number of aryl methyl sites for hydroxylation is 1. The van der Waals surface area contributed by atoms with Crippen molar-refractivity contribution in [1.82, 2.24) is 20.0 Å². The molecule has 0 unspecified atom stereocenters. The SMILES string of the molecule is CCCCNC(=O)N(C)Cc1cnn(C)c1. The van der Waals surface area contributed by atoms with Gasteiger partial charge in [0.25, 0.3) is 0 Å². The highest BCUT2D eigenvalue weighted by Gasteiger charge is 2.08. The zero-order chi connectivity index (χ0) is 12.0. The first-order chi connectivity index (χ1) is 7.63. The van der Waals surface area contributed by atoms with Crippen LogP contribution < -0.4 is 5.32 Å².